The van der Waals surface area contributed by atoms with Crippen molar-refractivity contribution in [1.29, 1.82) is 0 Å². The van der Waals surface area contributed by atoms with E-state index in [-0.39, 0.29) is 24.8 Å². The van der Waals surface area contributed by atoms with Crippen molar-refractivity contribution < 1.29 is 14.4 Å². The average Bonchev–Trinajstić information content (AvgIpc) is 2.71. The number of imide groups is 1. The van der Waals surface area contributed by atoms with Crippen molar-refractivity contribution in [3.05, 3.63) is 28.2 Å². The molecule has 1 aliphatic carbocycles. The molecular formula is C17H18Cl2N2O3. The lowest BCUT2D eigenvalue weighted by Gasteiger charge is -2.30. The first-order valence-corrected chi connectivity index (χ1v) is 8.76. The number of amides is 3. The molecule has 1 aliphatic heterocycles. The molecule has 2 fully saturated rings. The molecule has 2 aliphatic rings. The number of hydrogen-bond donors (Lipinski definition) is 1. The van der Waals surface area contributed by atoms with E-state index in [0.29, 0.717) is 15.7 Å². The van der Waals surface area contributed by atoms with Gasteiger partial charge in [-0.25, -0.2) is 0 Å². The summed E-state index contributed by atoms with van der Waals surface area (Å²) in [6.07, 6.45) is 4.71. The Balaban J connectivity index is 1.67. The molecule has 1 heterocycles. The molecular weight excluding hydrogens is 351 g/mol. The van der Waals surface area contributed by atoms with Gasteiger partial charge in [0.15, 0.2) is 0 Å². The Morgan fingerprint density at radius 1 is 1.08 bits per heavy atom. The first-order valence-electron chi connectivity index (χ1n) is 8.00. The second-order valence-electron chi connectivity index (χ2n) is 6.51. The van der Waals surface area contributed by atoms with E-state index < -0.39 is 11.3 Å². The molecule has 24 heavy (non-hydrogen) atoms. The van der Waals surface area contributed by atoms with Crippen molar-refractivity contribution in [2.45, 2.75) is 38.5 Å². The van der Waals surface area contributed by atoms with Crippen LogP contribution < -0.4 is 5.32 Å². The van der Waals surface area contributed by atoms with Gasteiger partial charge in [0.05, 0.1) is 5.41 Å². The molecule has 0 aromatic heterocycles. The molecule has 1 saturated carbocycles. The fraction of sp³-hybridized carbons (Fsp3) is 0.471. The third-order valence-corrected chi connectivity index (χ3v) is 5.18. The van der Waals surface area contributed by atoms with Gasteiger partial charge in [-0.1, -0.05) is 42.5 Å². The van der Waals surface area contributed by atoms with Gasteiger partial charge >= 0.3 is 0 Å². The molecule has 1 aromatic carbocycles. The standard InChI is InChI=1S/C17H18Cl2N2O3/c18-11-6-12(19)8-13(7-11)20-14(22)10-21-15(23)9-17(16(21)24)4-2-1-3-5-17/h6-8H,1-5,9-10H2,(H,20,22). The fourth-order valence-corrected chi connectivity index (χ4v) is 4.14. The molecule has 0 unspecified atom stereocenters. The van der Waals surface area contributed by atoms with Crippen LogP contribution in [-0.2, 0) is 14.4 Å². The minimum Gasteiger partial charge on any atom is -0.324 e. The van der Waals surface area contributed by atoms with Gasteiger partial charge in [0, 0.05) is 22.2 Å². The van der Waals surface area contributed by atoms with E-state index in [1.165, 1.54) is 0 Å². The lowest BCUT2D eigenvalue weighted by atomic mass is 9.73. The van der Waals surface area contributed by atoms with Crippen LogP contribution in [0.25, 0.3) is 0 Å². The van der Waals surface area contributed by atoms with E-state index in [0.717, 1.165) is 37.0 Å². The smallest absolute Gasteiger partial charge is 0.244 e. The van der Waals surface area contributed by atoms with Crippen LogP contribution in [0.15, 0.2) is 18.2 Å². The first kappa shape index (κ1) is 17.2. The lowest BCUT2D eigenvalue weighted by molar-refractivity contribution is -0.144. The quantitative estimate of drug-likeness (QED) is 0.828. The summed E-state index contributed by atoms with van der Waals surface area (Å²) in [6.45, 7) is -0.274. The van der Waals surface area contributed by atoms with Gasteiger partial charge < -0.3 is 5.32 Å². The second kappa shape index (κ2) is 6.73. The van der Waals surface area contributed by atoms with Gasteiger partial charge in [0.25, 0.3) is 0 Å². The van der Waals surface area contributed by atoms with Gasteiger partial charge in [0.2, 0.25) is 17.7 Å². The summed E-state index contributed by atoms with van der Waals surface area (Å²) in [7, 11) is 0. The zero-order valence-corrected chi connectivity index (χ0v) is 14.6. The number of halogens is 2. The highest BCUT2D eigenvalue weighted by Gasteiger charge is 2.51. The third kappa shape index (κ3) is 3.42. The van der Waals surface area contributed by atoms with Crippen molar-refractivity contribution >= 4 is 46.6 Å². The molecule has 0 bridgehead atoms. The van der Waals surface area contributed by atoms with Crippen LogP contribution in [0.2, 0.25) is 10.0 Å². The van der Waals surface area contributed by atoms with E-state index in [1.807, 2.05) is 0 Å². The maximum Gasteiger partial charge on any atom is 0.244 e. The van der Waals surface area contributed by atoms with Crippen LogP contribution in [0.4, 0.5) is 5.69 Å². The van der Waals surface area contributed by atoms with Crippen LogP contribution in [-0.4, -0.2) is 29.2 Å². The number of nitrogens with zero attached hydrogens (tertiary/aromatic N) is 1. The predicted octanol–water partition coefficient (Wildman–Crippen LogP) is 3.64. The Labute approximate surface area is 150 Å². The average molecular weight is 369 g/mol. The fourth-order valence-electron chi connectivity index (χ4n) is 3.61. The number of rotatable bonds is 3. The summed E-state index contributed by atoms with van der Waals surface area (Å²) in [4.78, 5) is 38.2. The zero-order valence-electron chi connectivity index (χ0n) is 13.1. The normalized spacial score (nSPS) is 19.8. The Bertz CT molecular complexity index is 679. The first-order chi connectivity index (χ1) is 11.4. The number of carbonyl (C=O) groups is 3. The van der Waals surface area contributed by atoms with Crippen molar-refractivity contribution in [3.63, 3.8) is 0 Å². The highest BCUT2D eigenvalue weighted by Crippen LogP contribution is 2.45. The summed E-state index contributed by atoms with van der Waals surface area (Å²) in [6, 6.07) is 4.67. The summed E-state index contributed by atoms with van der Waals surface area (Å²) in [5, 5.41) is 3.42. The van der Waals surface area contributed by atoms with Crippen molar-refractivity contribution in [1.82, 2.24) is 4.90 Å². The number of anilines is 1. The van der Waals surface area contributed by atoms with E-state index in [1.54, 1.807) is 18.2 Å². The van der Waals surface area contributed by atoms with Crippen LogP contribution in [0.3, 0.4) is 0 Å². The molecule has 0 atom stereocenters. The summed E-state index contributed by atoms with van der Waals surface area (Å²) >= 11 is 11.8. The van der Waals surface area contributed by atoms with Crippen molar-refractivity contribution in [3.8, 4) is 0 Å². The molecule has 0 radical (unpaired) electrons. The van der Waals surface area contributed by atoms with Crippen LogP contribution in [0.1, 0.15) is 38.5 Å². The van der Waals surface area contributed by atoms with E-state index in [9.17, 15) is 14.4 Å². The maximum atomic E-state index is 12.7. The molecule has 3 amide bonds. The van der Waals surface area contributed by atoms with Gasteiger partial charge in [-0.15, -0.1) is 0 Å². The molecule has 1 N–H and O–H groups in total. The van der Waals surface area contributed by atoms with Crippen LogP contribution >= 0.6 is 23.2 Å². The minimum atomic E-state index is -0.574. The van der Waals surface area contributed by atoms with Crippen molar-refractivity contribution in [2.24, 2.45) is 5.41 Å². The topological polar surface area (TPSA) is 66.5 Å². The Hall–Kier alpha value is -1.59. The second-order valence-corrected chi connectivity index (χ2v) is 7.38. The molecule has 3 rings (SSSR count). The highest BCUT2D eigenvalue weighted by atomic mass is 35.5. The van der Waals surface area contributed by atoms with Gasteiger partial charge in [-0.05, 0) is 31.0 Å². The SMILES string of the molecule is O=C(CN1C(=O)CC2(CCCCC2)C1=O)Nc1cc(Cl)cc(Cl)c1. The van der Waals surface area contributed by atoms with Crippen molar-refractivity contribution in [2.75, 3.05) is 11.9 Å². The highest BCUT2D eigenvalue weighted by molar-refractivity contribution is 6.35. The lowest BCUT2D eigenvalue weighted by Crippen LogP contribution is -2.41. The Kier molecular flexibility index (Phi) is 4.83. The zero-order chi connectivity index (χ0) is 17.3. The Morgan fingerprint density at radius 3 is 2.33 bits per heavy atom. The third-order valence-electron chi connectivity index (χ3n) is 4.75. The predicted molar refractivity (Wildman–Crippen MR) is 91.9 cm³/mol. The summed E-state index contributed by atoms with van der Waals surface area (Å²) in [5.74, 6) is -0.907. The number of carbonyl (C=O) groups excluding carboxylic acids is 3. The molecule has 7 heteroatoms. The number of benzene rings is 1. The van der Waals surface area contributed by atoms with E-state index >= 15 is 0 Å². The summed E-state index contributed by atoms with van der Waals surface area (Å²) < 4.78 is 0. The van der Waals surface area contributed by atoms with Crippen LogP contribution in [0.5, 0.6) is 0 Å². The number of nitrogens with one attached hydrogen (secondary N) is 1. The molecule has 1 saturated heterocycles. The number of likely N-dealkylation sites (tertiary alicyclic amines) is 1. The molecule has 5 nitrogen and oxygen atoms in total. The van der Waals surface area contributed by atoms with E-state index in [2.05, 4.69) is 5.32 Å². The molecule has 128 valence electrons. The summed E-state index contributed by atoms with van der Waals surface area (Å²) in [5.41, 5.74) is -0.140. The van der Waals surface area contributed by atoms with E-state index in [4.69, 9.17) is 23.2 Å². The largest absolute Gasteiger partial charge is 0.324 e. The monoisotopic (exact) mass is 368 g/mol. The minimum absolute atomic E-state index is 0.202. The van der Waals surface area contributed by atoms with Gasteiger partial charge in [0.1, 0.15) is 6.54 Å². The Morgan fingerprint density at radius 2 is 1.71 bits per heavy atom. The van der Waals surface area contributed by atoms with Crippen LogP contribution in [0, 0.1) is 5.41 Å². The molecule has 1 spiro atoms. The molecule has 1 aromatic rings. The van der Waals surface area contributed by atoms with Gasteiger partial charge in [-0.3, -0.25) is 19.3 Å². The maximum absolute atomic E-state index is 12.7. The number of hydrogen-bond acceptors (Lipinski definition) is 3. The van der Waals surface area contributed by atoms with Gasteiger partial charge in [-0.2, -0.15) is 0 Å².